The Labute approximate surface area is 91.4 Å². The molecule has 2 aliphatic heterocycles. The standard InChI is InChI=1S/C11H21N3O/c1-9-7-13-8-10(9)11(15)14-5-2-3-12-4-6-14/h9-10,12-13H,2-8H2,1H3. The van der Waals surface area contributed by atoms with E-state index >= 15 is 0 Å². The van der Waals surface area contributed by atoms with Crippen molar-refractivity contribution in [2.24, 2.45) is 11.8 Å². The van der Waals surface area contributed by atoms with Crippen molar-refractivity contribution < 1.29 is 4.79 Å². The fraction of sp³-hybridized carbons (Fsp3) is 0.909. The minimum absolute atomic E-state index is 0.211. The van der Waals surface area contributed by atoms with E-state index in [1.54, 1.807) is 0 Å². The summed E-state index contributed by atoms with van der Waals surface area (Å²) in [6.07, 6.45) is 1.08. The highest BCUT2D eigenvalue weighted by atomic mass is 16.2. The molecule has 2 atom stereocenters. The molecule has 15 heavy (non-hydrogen) atoms. The topological polar surface area (TPSA) is 44.4 Å². The molecule has 86 valence electrons. The summed E-state index contributed by atoms with van der Waals surface area (Å²) >= 11 is 0. The highest BCUT2D eigenvalue weighted by molar-refractivity contribution is 5.79. The lowest BCUT2D eigenvalue weighted by Crippen LogP contribution is -2.40. The van der Waals surface area contributed by atoms with Crippen LogP contribution in [0, 0.1) is 11.8 Å². The molecule has 2 heterocycles. The van der Waals surface area contributed by atoms with Crippen LogP contribution in [0.4, 0.5) is 0 Å². The Morgan fingerprint density at radius 1 is 1.20 bits per heavy atom. The molecule has 0 aliphatic carbocycles. The molecule has 2 N–H and O–H groups in total. The number of carbonyl (C=O) groups excluding carboxylic acids is 1. The maximum absolute atomic E-state index is 12.2. The third-order valence-corrected chi connectivity index (χ3v) is 3.49. The van der Waals surface area contributed by atoms with Gasteiger partial charge in [0.15, 0.2) is 0 Å². The predicted octanol–water partition coefficient (Wildman–Crippen LogP) is -0.336. The molecule has 2 fully saturated rings. The Morgan fingerprint density at radius 3 is 2.80 bits per heavy atom. The second-order valence-electron chi connectivity index (χ2n) is 4.67. The first kappa shape index (κ1) is 10.9. The van der Waals surface area contributed by atoms with Crippen molar-refractivity contribution in [1.82, 2.24) is 15.5 Å². The lowest BCUT2D eigenvalue weighted by atomic mass is 9.96. The van der Waals surface area contributed by atoms with Crippen LogP contribution in [0.3, 0.4) is 0 Å². The van der Waals surface area contributed by atoms with Gasteiger partial charge in [0.05, 0.1) is 5.92 Å². The summed E-state index contributed by atoms with van der Waals surface area (Å²) in [5.41, 5.74) is 0. The first-order valence-corrected chi connectivity index (χ1v) is 5.99. The van der Waals surface area contributed by atoms with E-state index in [1.807, 2.05) is 4.90 Å². The van der Waals surface area contributed by atoms with Crippen molar-refractivity contribution >= 4 is 5.91 Å². The molecule has 0 aromatic heterocycles. The number of amides is 1. The van der Waals surface area contributed by atoms with E-state index in [9.17, 15) is 4.79 Å². The fourth-order valence-corrected chi connectivity index (χ4v) is 2.44. The van der Waals surface area contributed by atoms with Gasteiger partial charge in [-0.15, -0.1) is 0 Å². The van der Waals surface area contributed by atoms with Gasteiger partial charge in [-0.1, -0.05) is 6.92 Å². The third kappa shape index (κ3) is 2.49. The molecule has 2 aliphatic rings. The summed E-state index contributed by atoms with van der Waals surface area (Å²) in [6, 6.07) is 0. The molecule has 0 aromatic rings. The highest BCUT2D eigenvalue weighted by Crippen LogP contribution is 2.18. The van der Waals surface area contributed by atoms with Crippen LogP contribution < -0.4 is 10.6 Å². The van der Waals surface area contributed by atoms with Gasteiger partial charge < -0.3 is 15.5 Å². The summed E-state index contributed by atoms with van der Waals surface area (Å²) in [7, 11) is 0. The smallest absolute Gasteiger partial charge is 0.227 e. The van der Waals surface area contributed by atoms with Crippen LogP contribution >= 0.6 is 0 Å². The average molecular weight is 211 g/mol. The molecule has 2 unspecified atom stereocenters. The maximum atomic E-state index is 12.2. The summed E-state index contributed by atoms with van der Waals surface area (Å²) in [6.45, 7) is 7.81. The van der Waals surface area contributed by atoms with E-state index in [2.05, 4.69) is 17.6 Å². The van der Waals surface area contributed by atoms with Crippen LogP contribution in [0.2, 0.25) is 0 Å². The Bertz CT molecular complexity index is 224. The third-order valence-electron chi connectivity index (χ3n) is 3.49. The van der Waals surface area contributed by atoms with Gasteiger partial charge in [-0.25, -0.2) is 0 Å². The molecule has 0 saturated carbocycles. The van der Waals surface area contributed by atoms with E-state index < -0.39 is 0 Å². The molecule has 0 bridgehead atoms. The Balaban J connectivity index is 1.93. The van der Waals surface area contributed by atoms with Crippen molar-refractivity contribution in [3.05, 3.63) is 0 Å². The van der Waals surface area contributed by atoms with Gasteiger partial charge in [0.2, 0.25) is 5.91 Å². The zero-order valence-corrected chi connectivity index (χ0v) is 9.46. The average Bonchev–Trinajstić information content (AvgIpc) is 2.53. The monoisotopic (exact) mass is 211 g/mol. The Hall–Kier alpha value is -0.610. The first-order chi connectivity index (χ1) is 7.29. The van der Waals surface area contributed by atoms with Crippen molar-refractivity contribution in [2.45, 2.75) is 13.3 Å². The second kappa shape index (κ2) is 4.94. The quantitative estimate of drug-likeness (QED) is 0.624. The number of hydrogen-bond acceptors (Lipinski definition) is 3. The first-order valence-electron chi connectivity index (χ1n) is 5.99. The Morgan fingerprint density at radius 2 is 2.07 bits per heavy atom. The summed E-state index contributed by atoms with van der Waals surface area (Å²) in [4.78, 5) is 14.3. The molecule has 2 saturated heterocycles. The zero-order valence-electron chi connectivity index (χ0n) is 9.46. The number of nitrogens with one attached hydrogen (secondary N) is 2. The molecule has 0 spiro atoms. The van der Waals surface area contributed by atoms with E-state index in [-0.39, 0.29) is 5.92 Å². The van der Waals surface area contributed by atoms with E-state index in [1.165, 1.54) is 0 Å². The number of rotatable bonds is 1. The molecule has 0 aromatic carbocycles. The minimum Gasteiger partial charge on any atom is -0.341 e. The van der Waals surface area contributed by atoms with Crippen LogP contribution in [0.5, 0.6) is 0 Å². The van der Waals surface area contributed by atoms with Crippen molar-refractivity contribution in [2.75, 3.05) is 39.3 Å². The highest BCUT2D eigenvalue weighted by Gasteiger charge is 2.32. The molecule has 4 nitrogen and oxygen atoms in total. The number of hydrogen-bond donors (Lipinski definition) is 2. The molecule has 4 heteroatoms. The molecule has 0 radical (unpaired) electrons. The van der Waals surface area contributed by atoms with Crippen molar-refractivity contribution in [3.8, 4) is 0 Å². The van der Waals surface area contributed by atoms with Gasteiger partial charge in [-0.05, 0) is 25.4 Å². The predicted molar refractivity (Wildman–Crippen MR) is 59.6 cm³/mol. The van der Waals surface area contributed by atoms with E-state index in [0.717, 1.165) is 45.7 Å². The van der Waals surface area contributed by atoms with Crippen molar-refractivity contribution in [3.63, 3.8) is 0 Å². The largest absolute Gasteiger partial charge is 0.341 e. The zero-order chi connectivity index (χ0) is 10.7. The van der Waals surface area contributed by atoms with Crippen LogP contribution in [0.25, 0.3) is 0 Å². The van der Waals surface area contributed by atoms with Gasteiger partial charge >= 0.3 is 0 Å². The van der Waals surface area contributed by atoms with Crippen molar-refractivity contribution in [1.29, 1.82) is 0 Å². The van der Waals surface area contributed by atoms with Gasteiger partial charge in [0, 0.05) is 26.2 Å². The van der Waals surface area contributed by atoms with Crippen LogP contribution in [-0.2, 0) is 4.79 Å². The van der Waals surface area contributed by atoms with Gasteiger partial charge in [-0.3, -0.25) is 4.79 Å². The second-order valence-corrected chi connectivity index (χ2v) is 4.67. The number of carbonyl (C=O) groups is 1. The van der Waals surface area contributed by atoms with E-state index in [4.69, 9.17) is 0 Å². The van der Waals surface area contributed by atoms with Crippen LogP contribution in [0.1, 0.15) is 13.3 Å². The van der Waals surface area contributed by atoms with Gasteiger partial charge in [-0.2, -0.15) is 0 Å². The van der Waals surface area contributed by atoms with Crippen LogP contribution in [0.15, 0.2) is 0 Å². The summed E-state index contributed by atoms with van der Waals surface area (Å²) < 4.78 is 0. The van der Waals surface area contributed by atoms with Gasteiger partial charge in [0.25, 0.3) is 0 Å². The lowest BCUT2D eigenvalue weighted by Gasteiger charge is -2.25. The molecule has 1 amide bonds. The summed E-state index contributed by atoms with van der Waals surface area (Å²) in [5, 5.41) is 6.62. The lowest BCUT2D eigenvalue weighted by molar-refractivity contribution is -0.135. The Kier molecular flexibility index (Phi) is 3.59. The molecular weight excluding hydrogens is 190 g/mol. The normalized spacial score (nSPS) is 32.7. The number of nitrogens with zero attached hydrogens (tertiary/aromatic N) is 1. The summed E-state index contributed by atoms with van der Waals surface area (Å²) in [5.74, 6) is 1.06. The maximum Gasteiger partial charge on any atom is 0.227 e. The van der Waals surface area contributed by atoms with Gasteiger partial charge in [0.1, 0.15) is 0 Å². The van der Waals surface area contributed by atoms with Crippen LogP contribution in [-0.4, -0.2) is 50.1 Å². The molecule has 2 rings (SSSR count). The SMILES string of the molecule is CC1CNCC1C(=O)N1CCCNCC1. The molecular formula is C11H21N3O. The minimum atomic E-state index is 0.211. The fourth-order valence-electron chi connectivity index (χ4n) is 2.44. The van der Waals surface area contributed by atoms with E-state index in [0.29, 0.717) is 11.8 Å².